The minimum absolute atomic E-state index is 0. The molecule has 1 aliphatic rings. The zero-order valence-electron chi connectivity index (χ0n) is 11.7. The standard InChI is InChI=1S/C14H19BrN2O2.ClH/c1-10-9-16-5-6-17(10)14(18)7-11-3-4-12(15)8-13(11)19-2;/h3-4,8,10,16H,5-7,9H2,1-2H3;1H. The zero-order chi connectivity index (χ0) is 13.8. The van der Waals surface area contributed by atoms with Crippen LogP contribution in [-0.2, 0) is 11.2 Å². The Morgan fingerprint density at radius 2 is 2.30 bits per heavy atom. The van der Waals surface area contributed by atoms with Crippen LogP contribution in [0.4, 0.5) is 0 Å². The maximum atomic E-state index is 12.4. The Morgan fingerprint density at radius 3 is 2.95 bits per heavy atom. The van der Waals surface area contributed by atoms with E-state index in [1.807, 2.05) is 23.1 Å². The van der Waals surface area contributed by atoms with Gasteiger partial charge in [-0.05, 0) is 19.1 Å². The molecule has 112 valence electrons. The van der Waals surface area contributed by atoms with Gasteiger partial charge in [-0.3, -0.25) is 4.79 Å². The van der Waals surface area contributed by atoms with Crippen molar-refractivity contribution in [2.24, 2.45) is 0 Å². The predicted octanol–water partition coefficient (Wildman–Crippen LogP) is 2.24. The van der Waals surface area contributed by atoms with E-state index in [-0.39, 0.29) is 24.4 Å². The predicted molar refractivity (Wildman–Crippen MR) is 85.7 cm³/mol. The van der Waals surface area contributed by atoms with Crippen molar-refractivity contribution in [2.75, 3.05) is 26.7 Å². The van der Waals surface area contributed by atoms with Crippen LogP contribution in [0.1, 0.15) is 12.5 Å². The zero-order valence-corrected chi connectivity index (χ0v) is 14.1. The van der Waals surface area contributed by atoms with Crippen LogP contribution in [-0.4, -0.2) is 43.6 Å². The van der Waals surface area contributed by atoms with Crippen molar-refractivity contribution < 1.29 is 9.53 Å². The van der Waals surface area contributed by atoms with E-state index < -0.39 is 0 Å². The van der Waals surface area contributed by atoms with Gasteiger partial charge in [0.25, 0.3) is 0 Å². The van der Waals surface area contributed by atoms with Gasteiger partial charge in [0.05, 0.1) is 13.5 Å². The fraction of sp³-hybridized carbons (Fsp3) is 0.500. The van der Waals surface area contributed by atoms with Gasteiger partial charge in [0.1, 0.15) is 5.75 Å². The van der Waals surface area contributed by atoms with Crippen molar-refractivity contribution >= 4 is 34.2 Å². The fourth-order valence-corrected chi connectivity index (χ4v) is 2.68. The summed E-state index contributed by atoms with van der Waals surface area (Å²) >= 11 is 3.41. The van der Waals surface area contributed by atoms with E-state index in [0.717, 1.165) is 35.4 Å². The van der Waals surface area contributed by atoms with Gasteiger partial charge in [-0.1, -0.05) is 22.0 Å². The highest BCUT2D eigenvalue weighted by atomic mass is 79.9. The van der Waals surface area contributed by atoms with Crippen LogP contribution >= 0.6 is 28.3 Å². The highest BCUT2D eigenvalue weighted by Gasteiger charge is 2.23. The van der Waals surface area contributed by atoms with Gasteiger partial charge in [-0.15, -0.1) is 12.4 Å². The van der Waals surface area contributed by atoms with Gasteiger partial charge >= 0.3 is 0 Å². The summed E-state index contributed by atoms with van der Waals surface area (Å²) in [5.41, 5.74) is 0.932. The van der Waals surface area contributed by atoms with E-state index in [1.54, 1.807) is 7.11 Å². The van der Waals surface area contributed by atoms with Gasteiger partial charge in [-0.25, -0.2) is 0 Å². The molecular formula is C14H20BrClN2O2. The number of rotatable bonds is 3. The van der Waals surface area contributed by atoms with Crippen LogP contribution in [0.25, 0.3) is 0 Å². The molecule has 0 aliphatic carbocycles. The monoisotopic (exact) mass is 362 g/mol. The van der Waals surface area contributed by atoms with Crippen LogP contribution in [0, 0.1) is 0 Å². The number of carbonyl (C=O) groups is 1. The molecule has 0 bridgehead atoms. The number of halogens is 2. The number of ether oxygens (including phenoxy) is 1. The van der Waals surface area contributed by atoms with Crippen molar-refractivity contribution in [2.45, 2.75) is 19.4 Å². The quantitative estimate of drug-likeness (QED) is 0.895. The molecular weight excluding hydrogens is 344 g/mol. The van der Waals surface area contributed by atoms with Crippen molar-refractivity contribution in [1.82, 2.24) is 10.2 Å². The first-order valence-corrected chi connectivity index (χ1v) is 7.23. The number of methoxy groups -OCH3 is 1. The second-order valence-corrected chi connectivity index (χ2v) is 5.69. The van der Waals surface area contributed by atoms with E-state index in [9.17, 15) is 4.79 Å². The smallest absolute Gasteiger partial charge is 0.227 e. The molecule has 1 fully saturated rings. The lowest BCUT2D eigenvalue weighted by Crippen LogP contribution is -2.52. The summed E-state index contributed by atoms with van der Waals surface area (Å²) in [5, 5.41) is 3.29. The molecule has 2 rings (SSSR count). The van der Waals surface area contributed by atoms with Crippen molar-refractivity contribution in [1.29, 1.82) is 0 Å². The van der Waals surface area contributed by atoms with Gasteiger partial charge in [0.2, 0.25) is 5.91 Å². The lowest BCUT2D eigenvalue weighted by Gasteiger charge is -2.34. The molecule has 1 heterocycles. The molecule has 4 nitrogen and oxygen atoms in total. The number of nitrogens with one attached hydrogen (secondary N) is 1. The molecule has 1 amide bonds. The molecule has 1 saturated heterocycles. The molecule has 1 aromatic carbocycles. The van der Waals surface area contributed by atoms with E-state index in [0.29, 0.717) is 6.42 Å². The largest absolute Gasteiger partial charge is 0.496 e. The minimum Gasteiger partial charge on any atom is -0.496 e. The summed E-state index contributed by atoms with van der Waals surface area (Å²) in [6, 6.07) is 6.02. The summed E-state index contributed by atoms with van der Waals surface area (Å²) in [4.78, 5) is 14.3. The molecule has 1 unspecified atom stereocenters. The van der Waals surface area contributed by atoms with Gasteiger partial charge in [0, 0.05) is 35.7 Å². The normalized spacial score (nSPS) is 18.4. The number of carbonyl (C=O) groups excluding carboxylic acids is 1. The average Bonchev–Trinajstić information content (AvgIpc) is 2.41. The number of nitrogens with zero attached hydrogens (tertiary/aromatic N) is 1. The highest BCUT2D eigenvalue weighted by molar-refractivity contribution is 9.10. The first-order valence-electron chi connectivity index (χ1n) is 6.44. The third kappa shape index (κ3) is 4.11. The number of amides is 1. The molecule has 1 aromatic rings. The summed E-state index contributed by atoms with van der Waals surface area (Å²) < 4.78 is 6.28. The van der Waals surface area contributed by atoms with E-state index in [1.165, 1.54) is 0 Å². The molecule has 0 saturated carbocycles. The summed E-state index contributed by atoms with van der Waals surface area (Å²) in [6.45, 7) is 4.58. The molecule has 0 radical (unpaired) electrons. The molecule has 20 heavy (non-hydrogen) atoms. The highest BCUT2D eigenvalue weighted by Crippen LogP contribution is 2.24. The van der Waals surface area contributed by atoms with Crippen LogP contribution in [0.5, 0.6) is 5.75 Å². The second-order valence-electron chi connectivity index (χ2n) is 4.77. The number of piperazine rings is 1. The molecule has 0 spiro atoms. The van der Waals surface area contributed by atoms with E-state index in [2.05, 4.69) is 28.2 Å². The fourth-order valence-electron chi connectivity index (χ4n) is 2.34. The Bertz CT molecular complexity index is 470. The third-order valence-corrected chi connectivity index (χ3v) is 3.91. The lowest BCUT2D eigenvalue weighted by molar-refractivity contribution is -0.133. The van der Waals surface area contributed by atoms with Crippen molar-refractivity contribution in [3.63, 3.8) is 0 Å². The number of benzene rings is 1. The lowest BCUT2D eigenvalue weighted by atomic mass is 10.1. The van der Waals surface area contributed by atoms with E-state index >= 15 is 0 Å². The number of hydrogen-bond donors (Lipinski definition) is 1. The Balaban J connectivity index is 0.00000200. The summed E-state index contributed by atoms with van der Waals surface area (Å²) in [7, 11) is 1.63. The first kappa shape index (κ1) is 17.3. The van der Waals surface area contributed by atoms with Crippen LogP contribution in [0.15, 0.2) is 22.7 Å². The first-order chi connectivity index (χ1) is 9.11. The Hall–Kier alpha value is -0.780. The number of hydrogen-bond acceptors (Lipinski definition) is 3. The maximum Gasteiger partial charge on any atom is 0.227 e. The van der Waals surface area contributed by atoms with Gasteiger partial charge in [0.15, 0.2) is 0 Å². The van der Waals surface area contributed by atoms with Crippen molar-refractivity contribution in [3.05, 3.63) is 28.2 Å². The Labute approximate surface area is 134 Å². The van der Waals surface area contributed by atoms with Crippen LogP contribution < -0.4 is 10.1 Å². The minimum atomic E-state index is 0. The van der Waals surface area contributed by atoms with Crippen LogP contribution in [0.2, 0.25) is 0 Å². The molecule has 1 aliphatic heterocycles. The van der Waals surface area contributed by atoms with Crippen LogP contribution in [0.3, 0.4) is 0 Å². The second kappa shape index (κ2) is 7.86. The van der Waals surface area contributed by atoms with E-state index in [4.69, 9.17) is 4.74 Å². The van der Waals surface area contributed by atoms with Crippen molar-refractivity contribution in [3.8, 4) is 5.75 Å². The Morgan fingerprint density at radius 1 is 1.55 bits per heavy atom. The molecule has 1 N–H and O–H groups in total. The third-order valence-electron chi connectivity index (χ3n) is 3.41. The summed E-state index contributed by atoms with van der Waals surface area (Å²) in [6.07, 6.45) is 0.390. The topological polar surface area (TPSA) is 41.6 Å². The average molecular weight is 364 g/mol. The summed E-state index contributed by atoms with van der Waals surface area (Å²) in [5.74, 6) is 0.917. The maximum absolute atomic E-state index is 12.4. The van der Waals surface area contributed by atoms with Gasteiger partial charge < -0.3 is 15.0 Å². The van der Waals surface area contributed by atoms with Gasteiger partial charge in [-0.2, -0.15) is 0 Å². The molecule has 6 heteroatoms. The Kier molecular flexibility index (Phi) is 6.79. The molecule has 1 atom stereocenters. The molecule has 0 aromatic heterocycles. The SMILES string of the molecule is COc1cc(Br)ccc1CC(=O)N1CCNCC1C.Cl.